The third kappa shape index (κ3) is 4.96. The molecule has 4 heterocycles. The van der Waals surface area contributed by atoms with Crippen molar-refractivity contribution in [2.75, 3.05) is 44.2 Å². The maximum absolute atomic E-state index is 12.4. The maximum atomic E-state index is 12.4. The fourth-order valence-electron chi connectivity index (χ4n) is 4.87. The number of amides is 1. The second kappa shape index (κ2) is 9.59. The molecule has 1 amide bonds. The Kier molecular flexibility index (Phi) is 6.68. The van der Waals surface area contributed by atoms with Gasteiger partial charge in [0.15, 0.2) is 0 Å². The number of unbranched alkanes of at least 4 members (excludes halogenated alkanes) is 1. The Morgan fingerprint density at radius 3 is 2.50 bits per heavy atom. The number of nitrogens with zero attached hydrogens (tertiary/aromatic N) is 4. The molecule has 1 atom stereocenters. The predicted molar refractivity (Wildman–Crippen MR) is 111 cm³/mol. The summed E-state index contributed by atoms with van der Waals surface area (Å²) in [5, 5.41) is 0. The third-order valence-corrected chi connectivity index (χ3v) is 6.53. The second-order valence-corrected chi connectivity index (χ2v) is 8.48. The van der Waals surface area contributed by atoms with Crippen LogP contribution in [-0.4, -0.2) is 72.3 Å². The SMILES string of the molecule is O=C1OC(CCCCN2CCCCC2)CN1C1CCN(c2ccncc2)CC1. The van der Waals surface area contributed by atoms with Gasteiger partial charge in [0.05, 0.1) is 6.54 Å². The van der Waals surface area contributed by atoms with Crippen LogP contribution in [0, 0.1) is 0 Å². The first-order chi connectivity index (χ1) is 13.8. The first-order valence-electron chi connectivity index (χ1n) is 11.1. The first-order valence-corrected chi connectivity index (χ1v) is 11.1. The highest BCUT2D eigenvalue weighted by atomic mass is 16.6. The van der Waals surface area contributed by atoms with Crippen molar-refractivity contribution in [3.63, 3.8) is 0 Å². The molecule has 6 nitrogen and oxygen atoms in total. The molecule has 0 aliphatic carbocycles. The van der Waals surface area contributed by atoms with Crippen LogP contribution in [0.5, 0.6) is 0 Å². The Labute approximate surface area is 168 Å². The first kappa shape index (κ1) is 19.5. The second-order valence-electron chi connectivity index (χ2n) is 8.48. The van der Waals surface area contributed by atoms with E-state index in [1.165, 1.54) is 51.0 Å². The van der Waals surface area contributed by atoms with Crippen molar-refractivity contribution in [1.29, 1.82) is 0 Å². The largest absolute Gasteiger partial charge is 0.444 e. The number of carbonyl (C=O) groups excluding carboxylic acids is 1. The van der Waals surface area contributed by atoms with Gasteiger partial charge in [-0.2, -0.15) is 0 Å². The zero-order valence-electron chi connectivity index (χ0n) is 17.0. The van der Waals surface area contributed by atoms with Crippen LogP contribution in [0.2, 0.25) is 0 Å². The quantitative estimate of drug-likeness (QED) is 0.671. The van der Waals surface area contributed by atoms with E-state index >= 15 is 0 Å². The molecule has 0 aromatic carbocycles. The molecule has 3 fully saturated rings. The number of pyridine rings is 1. The van der Waals surface area contributed by atoms with Gasteiger partial charge in [-0.25, -0.2) is 4.79 Å². The fraction of sp³-hybridized carbons (Fsp3) is 0.727. The summed E-state index contributed by atoms with van der Waals surface area (Å²) in [5.74, 6) is 0. The number of carbonyl (C=O) groups is 1. The van der Waals surface area contributed by atoms with E-state index in [0.29, 0.717) is 6.04 Å². The van der Waals surface area contributed by atoms with Gasteiger partial charge in [-0.1, -0.05) is 6.42 Å². The van der Waals surface area contributed by atoms with Crippen LogP contribution in [-0.2, 0) is 4.74 Å². The monoisotopic (exact) mass is 386 g/mol. The summed E-state index contributed by atoms with van der Waals surface area (Å²) in [6.45, 7) is 6.49. The lowest BCUT2D eigenvalue weighted by Gasteiger charge is -2.36. The van der Waals surface area contributed by atoms with E-state index in [0.717, 1.165) is 45.3 Å². The van der Waals surface area contributed by atoms with Crippen molar-refractivity contribution in [3.8, 4) is 0 Å². The lowest BCUT2D eigenvalue weighted by molar-refractivity contribution is 0.121. The molecule has 3 aliphatic rings. The van der Waals surface area contributed by atoms with Crippen molar-refractivity contribution in [2.24, 2.45) is 0 Å². The van der Waals surface area contributed by atoms with Gasteiger partial charge in [-0.3, -0.25) is 4.98 Å². The van der Waals surface area contributed by atoms with Crippen LogP contribution in [0.15, 0.2) is 24.5 Å². The molecule has 0 saturated carbocycles. The summed E-state index contributed by atoms with van der Waals surface area (Å²) in [5.41, 5.74) is 1.23. The molecule has 1 unspecified atom stereocenters. The van der Waals surface area contributed by atoms with Crippen molar-refractivity contribution in [1.82, 2.24) is 14.8 Å². The lowest BCUT2D eigenvalue weighted by atomic mass is 10.0. The van der Waals surface area contributed by atoms with Gasteiger partial charge in [-0.05, 0) is 76.7 Å². The summed E-state index contributed by atoms with van der Waals surface area (Å²) in [6, 6.07) is 4.44. The van der Waals surface area contributed by atoms with Crippen molar-refractivity contribution < 1.29 is 9.53 Å². The van der Waals surface area contributed by atoms with E-state index in [4.69, 9.17) is 4.74 Å². The predicted octanol–water partition coefficient (Wildman–Crippen LogP) is 3.53. The molecule has 0 bridgehead atoms. The standard InChI is InChI=1S/C22H34N4O2/c27-22-26(20-9-16-25(17-10-20)19-7-11-23-12-8-19)18-21(28-22)6-2-5-15-24-13-3-1-4-14-24/h7-8,11-12,20-21H,1-6,9-10,13-18H2. The molecular formula is C22H34N4O2. The topological polar surface area (TPSA) is 48.9 Å². The minimum absolute atomic E-state index is 0.0899. The van der Waals surface area contributed by atoms with Gasteiger partial charge in [0.25, 0.3) is 0 Å². The Morgan fingerprint density at radius 1 is 1.00 bits per heavy atom. The van der Waals surface area contributed by atoms with Gasteiger partial charge in [0, 0.05) is 37.2 Å². The van der Waals surface area contributed by atoms with E-state index in [1.54, 1.807) is 0 Å². The molecular weight excluding hydrogens is 352 g/mol. The normalized spacial score (nSPS) is 24.6. The van der Waals surface area contributed by atoms with Crippen LogP contribution in [0.3, 0.4) is 0 Å². The number of cyclic esters (lactones) is 1. The number of rotatable bonds is 7. The van der Waals surface area contributed by atoms with Crippen LogP contribution >= 0.6 is 0 Å². The molecule has 3 aliphatic heterocycles. The molecule has 1 aromatic rings. The van der Waals surface area contributed by atoms with Gasteiger partial charge in [0.2, 0.25) is 0 Å². The number of hydrogen-bond donors (Lipinski definition) is 0. The number of hydrogen-bond acceptors (Lipinski definition) is 5. The summed E-state index contributed by atoms with van der Waals surface area (Å²) in [7, 11) is 0. The Hall–Kier alpha value is -1.82. The molecule has 0 radical (unpaired) electrons. The highest BCUT2D eigenvalue weighted by molar-refractivity contribution is 5.70. The van der Waals surface area contributed by atoms with E-state index < -0.39 is 0 Å². The number of piperidine rings is 2. The molecule has 4 rings (SSSR count). The number of aromatic nitrogens is 1. The minimum Gasteiger partial charge on any atom is -0.444 e. The molecule has 154 valence electrons. The van der Waals surface area contributed by atoms with E-state index in [-0.39, 0.29) is 12.2 Å². The molecule has 6 heteroatoms. The number of anilines is 1. The zero-order valence-corrected chi connectivity index (χ0v) is 17.0. The van der Waals surface area contributed by atoms with E-state index in [1.807, 2.05) is 17.3 Å². The molecule has 3 saturated heterocycles. The van der Waals surface area contributed by atoms with Crippen molar-refractivity contribution in [3.05, 3.63) is 24.5 Å². The third-order valence-electron chi connectivity index (χ3n) is 6.53. The highest BCUT2D eigenvalue weighted by Gasteiger charge is 2.37. The summed E-state index contributed by atoms with van der Waals surface area (Å²) < 4.78 is 5.68. The maximum Gasteiger partial charge on any atom is 0.410 e. The number of ether oxygens (including phenoxy) is 1. The van der Waals surface area contributed by atoms with E-state index in [9.17, 15) is 4.79 Å². The van der Waals surface area contributed by atoms with Crippen LogP contribution in [0.4, 0.5) is 10.5 Å². The van der Waals surface area contributed by atoms with Crippen LogP contribution in [0.1, 0.15) is 51.4 Å². The minimum atomic E-state index is -0.0941. The number of likely N-dealkylation sites (tertiary alicyclic amines) is 1. The Balaban J connectivity index is 1.17. The lowest BCUT2D eigenvalue weighted by Crippen LogP contribution is -2.45. The molecule has 1 aromatic heterocycles. The van der Waals surface area contributed by atoms with Gasteiger partial charge >= 0.3 is 6.09 Å². The fourth-order valence-corrected chi connectivity index (χ4v) is 4.87. The molecule has 28 heavy (non-hydrogen) atoms. The summed E-state index contributed by atoms with van der Waals surface area (Å²) in [4.78, 5) is 23.5. The van der Waals surface area contributed by atoms with Crippen molar-refractivity contribution in [2.45, 2.75) is 63.5 Å². The molecule has 0 spiro atoms. The Morgan fingerprint density at radius 2 is 1.75 bits per heavy atom. The van der Waals surface area contributed by atoms with E-state index in [2.05, 4.69) is 26.9 Å². The smallest absolute Gasteiger partial charge is 0.410 e. The average molecular weight is 387 g/mol. The van der Waals surface area contributed by atoms with Gasteiger partial charge in [-0.15, -0.1) is 0 Å². The summed E-state index contributed by atoms with van der Waals surface area (Å²) >= 11 is 0. The summed E-state index contributed by atoms with van der Waals surface area (Å²) in [6.07, 6.45) is 13.2. The zero-order chi connectivity index (χ0) is 19.2. The van der Waals surface area contributed by atoms with Gasteiger partial charge in [0.1, 0.15) is 6.10 Å². The van der Waals surface area contributed by atoms with Crippen molar-refractivity contribution >= 4 is 11.8 Å². The average Bonchev–Trinajstić information content (AvgIpc) is 3.13. The molecule has 0 N–H and O–H groups in total. The van der Waals surface area contributed by atoms with Crippen LogP contribution < -0.4 is 4.90 Å². The van der Waals surface area contributed by atoms with Gasteiger partial charge < -0.3 is 19.4 Å². The van der Waals surface area contributed by atoms with Crippen LogP contribution in [0.25, 0.3) is 0 Å². The Bertz CT molecular complexity index is 612. The highest BCUT2D eigenvalue weighted by Crippen LogP contribution is 2.26.